The molecule has 0 radical (unpaired) electrons. The van der Waals surface area contributed by atoms with Crippen LogP contribution in [0.2, 0.25) is 11.8 Å². The molecule has 3 nitrogen and oxygen atoms in total. The van der Waals surface area contributed by atoms with E-state index in [0.717, 1.165) is 0 Å². The van der Waals surface area contributed by atoms with Gasteiger partial charge in [0.1, 0.15) is 0 Å². The number of allylic oxidation sites excluding steroid dienone is 1. The van der Waals surface area contributed by atoms with Crippen LogP contribution >= 0.6 is 11.6 Å². The maximum absolute atomic E-state index is 14.4. The van der Waals surface area contributed by atoms with Crippen molar-refractivity contribution in [3.05, 3.63) is 40.0 Å². The number of nitrogens with two attached hydrogens (primary N) is 1. The van der Waals surface area contributed by atoms with Gasteiger partial charge in [-0.1, -0.05) is 39.2 Å². The lowest BCUT2D eigenvalue weighted by atomic mass is 9.61. The quantitative estimate of drug-likeness (QED) is 0.249. The Morgan fingerprint density at radius 3 is 1.85 bits per heavy atom. The topological polar surface area (TPSA) is 47.6 Å². The van der Waals surface area contributed by atoms with Crippen molar-refractivity contribution in [1.82, 2.24) is 0 Å². The molecule has 0 saturated carbocycles. The molecule has 1 aromatic rings. The van der Waals surface area contributed by atoms with Gasteiger partial charge >= 0.3 is 24.9 Å². The van der Waals surface area contributed by atoms with Crippen molar-refractivity contribution in [2.45, 2.75) is 72.0 Å². The third kappa shape index (κ3) is 6.04. The first-order chi connectivity index (χ1) is 14.6. The molecule has 1 aromatic carbocycles. The number of hydrogen-bond acceptors (Lipinski definition) is 3. The average molecular weight is 503 g/mol. The Morgan fingerprint density at radius 2 is 1.48 bits per heavy atom. The SMILES string of the molecule is CB(OC(C)(C)C(C)(C)C)C(C=Nc1c(C)cc(C(F)(C(F)(F)F)C(F)(F)F)cc1Cl)=CN. The average Bonchev–Trinajstić information content (AvgIpc) is 2.59. The summed E-state index contributed by atoms with van der Waals surface area (Å²) in [5.74, 6) is 0. The van der Waals surface area contributed by atoms with Gasteiger partial charge in [-0.15, -0.1) is 0 Å². The summed E-state index contributed by atoms with van der Waals surface area (Å²) >= 11 is 5.92. The first kappa shape index (κ1) is 29.3. The standard InChI is InChI=1S/C21H27BClF7N2O/c1-12-8-13(19(24,20(25,26)27)21(28,29)30)9-15(23)16(12)32-11-14(10-31)22(7)33-18(5,6)17(2,3)4/h8-11H,31H2,1-7H3. The minimum atomic E-state index is -6.24. The minimum Gasteiger partial charge on any atom is -0.426 e. The second-order valence-electron chi connectivity index (χ2n) is 9.22. The van der Waals surface area contributed by atoms with Gasteiger partial charge in [0.05, 0.1) is 16.3 Å². The second-order valence-corrected chi connectivity index (χ2v) is 9.63. The van der Waals surface area contributed by atoms with Crippen molar-refractivity contribution < 1.29 is 35.4 Å². The van der Waals surface area contributed by atoms with E-state index in [-0.39, 0.29) is 22.7 Å². The molecule has 0 amide bonds. The lowest BCUT2D eigenvalue weighted by Crippen LogP contribution is -2.50. The fourth-order valence-corrected chi connectivity index (χ4v) is 3.01. The number of hydrogen-bond donors (Lipinski definition) is 1. The summed E-state index contributed by atoms with van der Waals surface area (Å²) in [5.41, 5.74) is -2.36. The van der Waals surface area contributed by atoms with Crippen molar-refractivity contribution >= 4 is 30.4 Å². The molecule has 0 aliphatic heterocycles. The van der Waals surface area contributed by atoms with E-state index in [1.807, 2.05) is 34.6 Å². The Hall–Kier alpha value is -1.75. The second kappa shape index (κ2) is 9.48. The zero-order valence-electron chi connectivity index (χ0n) is 19.3. The monoisotopic (exact) mass is 502 g/mol. The maximum Gasteiger partial charge on any atom is 0.435 e. The maximum atomic E-state index is 14.4. The molecule has 186 valence electrons. The highest BCUT2D eigenvalue weighted by Crippen LogP contribution is 2.54. The summed E-state index contributed by atoms with van der Waals surface area (Å²) in [6.45, 7) is 12.0. The smallest absolute Gasteiger partial charge is 0.426 e. The van der Waals surface area contributed by atoms with Crippen LogP contribution in [0.1, 0.15) is 45.7 Å². The number of alkyl halides is 7. The molecule has 1 rings (SSSR count). The molecule has 0 unspecified atom stereocenters. The summed E-state index contributed by atoms with van der Waals surface area (Å²) in [7, 11) is 0. The zero-order valence-corrected chi connectivity index (χ0v) is 20.1. The molecule has 0 spiro atoms. The number of rotatable bonds is 6. The van der Waals surface area contributed by atoms with Gasteiger partial charge < -0.3 is 10.4 Å². The minimum absolute atomic E-state index is 0.131. The van der Waals surface area contributed by atoms with Gasteiger partial charge in [-0.2, -0.15) is 26.3 Å². The van der Waals surface area contributed by atoms with E-state index in [4.69, 9.17) is 22.0 Å². The normalized spacial score (nSPS) is 14.8. The molecular weight excluding hydrogens is 475 g/mol. The fourth-order valence-electron chi connectivity index (χ4n) is 2.70. The largest absolute Gasteiger partial charge is 0.435 e. The predicted molar refractivity (Wildman–Crippen MR) is 118 cm³/mol. The Bertz CT molecular complexity index is 882. The highest BCUT2D eigenvalue weighted by molar-refractivity contribution is 6.64. The van der Waals surface area contributed by atoms with Gasteiger partial charge in [-0.25, -0.2) is 4.39 Å². The summed E-state index contributed by atoms with van der Waals surface area (Å²) in [4.78, 5) is 4.07. The van der Waals surface area contributed by atoms with Crippen LogP contribution in [0.25, 0.3) is 0 Å². The molecular formula is C21H27BClF7N2O. The van der Waals surface area contributed by atoms with E-state index in [1.54, 1.807) is 6.82 Å². The molecule has 0 saturated heterocycles. The van der Waals surface area contributed by atoms with E-state index in [9.17, 15) is 30.7 Å². The molecule has 2 N–H and O–H groups in total. The molecule has 0 aliphatic rings. The van der Waals surface area contributed by atoms with E-state index in [1.165, 1.54) is 19.3 Å². The first-order valence-electron chi connectivity index (χ1n) is 9.86. The van der Waals surface area contributed by atoms with E-state index < -0.39 is 41.1 Å². The van der Waals surface area contributed by atoms with Gasteiger partial charge in [-0.05, 0) is 55.6 Å². The van der Waals surface area contributed by atoms with Crippen molar-refractivity contribution in [2.24, 2.45) is 16.1 Å². The number of benzene rings is 1. The lowest BCUT2D eigenvalue weighted by molar-refractivity contribution is -0.348. The van der Waals surface area contributed by atoms with Crippen molar-refractivity contribution in [2.75, 3.05) is 0 Å². The van der Waals surface area contributed by atoms with Crippen molar-refractivity contribution in [3.8, 4) is 0 Å². The third-order valence-electron chi connectivity index (χ3n) is 5.72. The van der Waals surface area contributed by atoms with Crippen LogP contribution in [0.3, 0.4) is 0 Å². The van der Waals surface area contributed by atoms with E-state index in [0.29, 0.717) is 11.5 Å². The van der Waals surface area contributed by atoms with Crippen LogP contribution in [-0.2, 0) is 10.3 Å². The van der Waals surface area contributed by atoms with E-state index in [2.05, 4.69) is 4.99 Å². The van der Waals surface area contributed by atoms with Gasteiger partial charge in [0.25, 0.3) is 0 Å². The molecule has 0 heterocycles. The first-order valence-corrected chi connectivity index (χ1v) is 10.2. The van der Waals surface area contributed by atoms with Crippen molar-refractivity contribution in [3.63, 3.8) is 0 Å². The molecule has 0 bridgehead atoms. The molecule has 0 fully saturated rings. The number of halogens is 8. The third-order valence-corrected chi connectivity index (χ3v) is 6.00. The molecule has 0 aromatic heterocycles. The molecule has 33 heavy (non-hydrogen) atoms. The Morgan fingerprint density at radius 1 is 1.00 bits per heavy atom. The highest BCUT2D eigenvalue weighted by atomic mass is 35.5. The summed E-state index contributed by atoms with van der Waals surface area (Å²) in [6, 6.07) is 0.699. The Kier molecular flexibility index (Phi) is 8.42. The molecule has 0 atom stereocenters. The molecule has 0 aliphatic carbocycles. The number of aliphatic imine (C=N–C) groups is 1. The fraction of sp³-hybridized carbons (Fsp3) is 0.571. The van der Waals surface area contributed by atoms with E-state index >= 15 is 0 Å². The number of nitrogens with zero attached hydrogens (tertiary/aromatic N) is 1. The van der Waals surface area contributed by atoms with Crippen molar-refractivity contribution in [1.29, 1.82) is 0 Å². The van der Waals surface area contributed by atoms with Crippen LogP contribution in [0.4, 0.5) is 36.4 Å². The highest BCUT2D eigenvalue weighted by Gasteiger charge is 2.73. The van der Waals surface area contributed by atoms with Crippen LogP contribution in [0, 0.1) is 12.3 Å². The van der Waals surface area contributed by atoms with Gasteiger partial charge in [-0.3, -0.25) is 4.99 Å². The predicted octanol–water partition coefficient (Wildman–Crippen LogP) is 7.48. The lowest BCUT2D eigenvalue weighted by Gasteiger charge is -2.40. The van der Waals surface area contributed by atoms with Crippen LogP contribution in [0.15, 0.2) is 28.8 Å². The Labute approximate surface area is 194 Å². The summed E-state index contributed by atoms with van der Waals surface area (Å²) in [5, 5.41) is -0.586. The summed E-state index contributed by atoms with van der Waals surface area (Å²) < 4.78 is 98.8. The van der Waals surface area contributed by atoms with Crippen LogP contribution in [0.5, 0.6) is 0 Å². The van der Waals surface area contributed by atoms with Gasteiger partial charge in [0.15, 0.2) is 0 Å². The van der Waals surface area contributed by atoms with Gasteiger partial charge in [0.2, 0.25) is 0 Å². The molecule has 12 heteroatoms. The van der Waals surface area contributed by atoms with Gasteiger partial charge in [0, 0.05) is 11.8 Å². The zero-order chi connectivity index (χ0) is 26.2. The van der Waals surface area contributed by atoms with Crippen LogP contribution in [-0.4, -0.2) is 31.1 Å². The number of aryl methyl sites for hydroxylation is 1. The Balaban J connectivity index is 3.38. The van der Waals surface area contributed by atoms with Crippen LogP contribution < -0.4 is 5.73 Å². The summed E-state index contributed by atoms with van der Waals surface area (Å²) in [6.07, 6.45) is -10.0.